The van der Waals surface area contributed by atoms with Gasteiger partial charge in [-0.3, -0.25) is 4.79 Å². The summed E-state index contributed by atoms with van der Waals surface area (Å²) >= 11 is 0. The second-order valence-electron chi connectivity index (χ2n) is 5.00. The van der Waals surface area contributed by atoms with Gasteiger partial charge in [-0.1, -0.05) is 18.2 Å². The lowest BCUT2D eigenvalue weighted by molar-refractivity contribution is 0.0922. The number of nitrogens with zero attached hydrogens (tertiary/aromatic N) is 2. The minimum Gasteiger partial charge on any atom is -0.267 e. The predicted molar refractivity (Wildman–Crippen MR) is 65.8 cm³/mol. The summed E-state index contributed by atoms with van der Waals surface area (Å²) in [4.78, 5) is 12.4. The van der Waals surface area contributed by atoms with E-state index in [9.17, 15) is 4.79 Å². The van der Waals surface area contributed by atoms with Gasteiger partial charge in [-0.05, 0) is 38.7 Å². The molecule has 0 unspecified atom stereocenters. The maximum Gasteiger partial charge on any atom is 0.274 e. The van der Waals surface area contributed by atoms with Crippen molar-refractivity contribution in [2.45, 2.75) is 26.7 Å². The molecule has 4 rings (SSSR count). The first kappa shape index (κ1) is 10.5. The van der Waals surface area contributed by atoms with Crippen LogP contribution in [0.2, 0.25) is 0 Å². The van der Waals surface area contributed by atoms with Crippen LogP contribution in [-0.2, 0) is 0 Å². The van der Waals surface area contributed by atoms with Crippen molar-refractivity contribution in [2.75, 3.05) is 0 Å². The standard InChI is InChI=1S/C14H16N2O/c1-9-7-10(2)16(15-9)14(17)13-8-11-3-5-12(13)6-4-11/h3,5,7-8,11-12H,4,6H2,1-2H3/t11-,12+/m1/s1. The Labute approximate surface area is 101 Å². The number of hydrogen-bond acceptors (Lipinski definition) is 2. The molecule has 3 aliphatic rings. The average molecular weight is 228 g/mol. The molecule has 3 heteroatoms. The van der Waals surface area contributed by atoms with Crippen molar-refractivity contribution in [3.05, 3.63) is 41.3 Å². The lowest BCUT2D eigenvalue weighted by Crippen LogP contribution is -2.26. The summed E-state index contributed by atoms with van der Waals surface area (Å²) in [6, 6.07) is 1.94. The van der Waals surface area contributed by atoms with Crippen molar-refractivity contribution in [2.24, 2.45) is 11.8 Å². The minimum atomic E-state index is 0.0506. The Morgan fingerprint density at radius 2 is 2.18 bits per heavy atom. The molecular formula is C14H16N2O. The minimum absolute atomic E-state index is 0.0506. The number of allylic oxidation sites excluding steroid dienone is 4. The first-order chi connectivity index (χ1) is 8.15. The highest BCUT2D eigenvalue weighted by Crippen LogP contribution is 2.36. The van der Waals surface area contributed by atoms with Crippen LogP contribution in [0.4, 0.5) is 0 Å². The quantitative estimate of drug-likeness (QED) is 0.693. The van der Waals surface area contributed by atoms with E-state index >= 15 is 0 Å². The van der Waals surface area contributed by atoms with Crippen LogP contribution in [0, 0.1) is 25.7 Å². The molecule has 1 heterocycles. The van der Waals surface area contributed by atoms with Crippen molar-refractivity contribution in [1.29, 1.82) is 0 Å². The topological polar surface area (TPSA) is 34.9 Å². The summed E-state index contributed by atoms with van der Waals surface area (Å²) in [6.07, 6.45) is 8.78. The highest BCUT2D eigenvalue weighted by Gasteiger charge is 2.30. The molecule has 0 aromatic carbocycles. The highest BCUT2D eigenvalue weighted by molar-refractivity contribution is 5.96. The van der Waals surface area contributed by atoms with Crippen LogP contribution in [0.1, 0.15) is 29.0 Å². The van der Waals surface area contributed by atoms with Gasteiger partial charge in [0.25, 0.3) is 5.91 Å². The summed E-state index contributed by atoms with van der Waals surface area (Å²) < 4.78 is 1.54. The lowest BCUT2D eigenvalue weighted by Gasteiger charge is -2.29. The van der Waals surface area contributed by atoms with Crippen LogP contribution < -0.4 is 0 Å². The molecule has 0 saturated carbocycles. The fourth-order valence-corrected chi connectivity index (χ4v) is 2.78. The third-order valence-electron chi connectivity index (χ3n) is 3.64. The summed E-state index contributed by atoms with van der Waals surface area (Å²) in [5.74, 6) is 0.807. The summed E-state index contributed by atoms with van der Waals surface area (Å²) in [7, 11) is 0. The zero-order chi connectivity index (χ0) is 12.0. The summed E-state index contributed by atoms with van der Waals surface area (Å²) in [5.41, 5.74) is 2.74. The fourth-order valence-electron chi connectivity index (χ4n) is 2.78. The number of aromatic nitrogens is 2. The van der Waals surface area contributed by atoms with Crippen LogP contribution in [0.25, 0.3) is 0 Å². The third-order valence-corrected chi connectivity index (χ3v) is 3.64. The van der Waals surface area contributed by atoms with Gasteiger partial charge in [-0.15, -0.1) is 0 Å². The summed E-state index contributed by atoms with van der Waals surface area (Å²) in [6.45, 7) is 3.84. The Balaban J connectivity index is 1.96. The molecule has 0 radical (unpaired) electrons. The number of hydrogen-bond donors (Lipinski definition) is 0. The molecule has 0 N–H and O–H groups in total. The van der Waals surface area contributed by atoms with Crippen LogP contribution in [0.3, 0.4) is 0 Å². The molecule has 0 aliphatic heterocycles. The van der Waals surface area contributed by atoms with Gasteiger partial charge in [0.15, 0.2) is 0 Å². The van der Waals surface area contributed by atoms with E-state index in [1.165, 1.54) is 11.1 Å². The molecule has 2 atom stereocenters. The molecule has 88 valence electrons. The van der Waals surface area contributed by atoms with E-state index in [0.29, 0.717) is 11.8 Å². The first-order valence-corrected chi connectivity index (χ1v) is 6.13. The van der Waals surface area contributed by atoms with E-state index in [1.807, 2.05) is 19.9 Å². The molecular weight excluding hydrogens is 212 g/mol. The lowest BCUT2D eigenvalue weighted by atomic mass is 9.76. The van der Waals surface area contributed by atoms with E-state index in [2.05, 4.69) is 23.3 Å². The van der Waals surface area contributed by atoms with Gasteiger partial charge in [-0.2, -0.15) is 5.10 Å². The molecule has 0 fully saturated rings. The normalized spacial score (nSPS) is 26.1. The van der Waals surface area contributed by atoms with Gasteiger partial charge in [0, 0.05) is 17.2 Å². The van der Waals surface area contributed by atoms with Crippen molar-refractivity contribution in [1.82, 2.24) is 9.78 Å². The monoisotopic (exact) mass is 228 g/mol. The Morgan fingerprint density at radius 1 is 1.35 bits per heavy atom. The van der Waals surface area contributed by atoms with Crippen molar-refractivity contribution >= 4 is 5.91 Å². The molecule has 1 aromatic rings. The molecule has 3 aliphatic carbocycles. The second-order valence-corrected chi connectivity index (χ2v) is 5.00. The smallest absolute Gasteiger partial charge is 0.267 e. The van der Waals surface area contributed by atoms with Gasteiger partial charge in [0.2, 0.25) is 0 Å². The molecule has 3 nitrogen and oxygen atoms in total. The van der Waals surface area contributed by atoms with Gasteiger partial charge in [0.1, 0.15) is 0 Å². The van der Waals surface area contributed by atoms with Crippen LogP contribution in [0.5, 0.6) is 0 Å². The number of fused-ring (bicyclic) bond motifs is 1. The van der Waals surface area contributed by atoms with E-state index in [-0.39, 0.29) is 5.91 Å². The largest absolute Gasteiger partial charge is 0.274 e. The van der Waals surface area contributed by atoms with E-state index in [0.717, 1.165) is 23.4 Å². The molecule has 0 saturated heterocycles. The predicted octanol–water partition coefficient (Wildman–Crippen LogP) is 2.66. The van der Waals surface area contributed by atoms with E-state index < -0.39 is 0 Å². The van der Waals surface area contributed by atoms with Gasteiger partial charge >= 0.3 is 0 Å². The van der Waals surface area contributed by atoms with Crippen molar-refractivity contribution in [3.63, 3.8) is 0 Å². The first-order valence-electron chi connectivity index (χ1n) is 6.13. The highest BCUT2D eigenvalue weighted by atomic mass is 16.2. The van der Waals surface area contributed by atoms with Crippen LogP contribution in [0.15, 0.2) is 29.9 Å². The molecule has 2 bridgehead atoms. The number of rotatable bonds is 1. The number of carbonyl (C=O) groups excluding carboxylic acids is 1. The van der Waals surface area contributed by atoms with Gasteiger partial charge < -0.3 is 0 Å². The maximum absolute atomic E-state index is 12.4. The Kier molecular flexibility index (Phi) is 2.28. The molecule has 0 spiro atoms. The maximum atomic E-state index is 12.4. The zero-order valence-electron chi connectivity index (χ0n) is 10.2. The number of aryl methyl sites for hydroxylation is 2. The second kappa shape index (κ2) is 3.69. The SMILES string of the molecule is Cc1cc(C)n(C(=O)C2=C[C@@H]3C=C[C@H]2CC3)n1. The average Bonchev–Trinajstić information content (AvgIpc) is 2.69. The van der Waals surface area contributed by atoms with E-state index in [1.54, 1.807) is 0 Å². The van der Waals surface area contributed by atoms with Crippen LogP contribution in [-0.4, -0.2) is 15.7 Å². The summed E-state index contributed by atoms with van der Waals surface area (Å²) in [5, 5.41) is 4.27. The Morgan fingerprint density at radius 3 is 2.65 bits per heavy atom. The van der Waals surface area contributed by atoms with Crippen LogP contribution >= 0.6 is 0 Å². The third kappa shape index (κ3) is 1.66. The molecule has 0 amide bonds. The molecule has 17 heavy (non-hydrogen) atoms. The number of carbonyl (C=O) groups is 1. The Bertz CT molecular complexity index is 536. The fraction of sp³-hybridized carbons (Fsp3) is 0.429. The van der Waals surface area contributed by atoms with Crippen molar-refractivity contribution in [3.8, 4) is 0 Å². The van der Waals surface area contributed by atoms with E-state index in [4.69, 9.17) is 0 Å². The zero-order valence-corrected chi connectivity index (χ0v) is 10.2. The van der Waals surface area contributed by atoms with Gasteiger partial charge in [-0.25, -0.2) is 4.68 Å². The Hall–Kier alpha value is -1.64. The molecule has 1 aromatic heterocycles. The van der Waals surface area contributed by atoms with Gasteiger partial charge in [0.05, 0.1) is 5.69 Å². The van der Waals surface area contributed by atoms with Crippen molar-refractivity contribution < 1.29 is 4.79 Å².